The van der Waals surface area contributed by atoms with E-state index in [0.29, 0.717) is 30.7 Å². The summed E-state index contributed by atoms with van der Waals surface area (Å²) in [4.78, 5) is 70.6. The van der Waals surface area contributed by atoms with Gasteiger partial charge in [-0.25, -0.2) is 13.2 Å². The molecule has 1 unspecified atom stereocenters. The summed E-state index contributed by atoms with van der Waals surface area (Å²) in [5.74, 6) is -2.57. The van der Waals surface area contributed by atoms with E-state index in [1.54, 1.807) is 11.4 Å². The molecule has 13 nitrogen and oxygen atoms in total. The number of fused-ring (bicyclic) bond motifs is 2. The number of piperidine rings is 1. The summed E-state index contributed by atoms with van der Waals surface area (Å²) < 4.78 is 28.2. The smallest absolute Gasteiger partial charge is 0.315 e. The van der Waals surface area contributed by atoms with Crippen molar-refractivity contribution in [1.82, 2.24) is 30.5 Å². The van der Waals surface area contributed by atoms with E-state index in [1.165, 1.54) is 26.6 Å². The van der Waals surface area contributed by atoms with E-state index in [1.807, 2.05) is 27.7 Å². The minimum Gasteiger partial charge on any atom is -0.346 e. The Balaban J connectivity index is 1.33. The van der Waals surface area contributed by atoms with Crippen LogP contribution in [-0.4, -0.2) is 90.5 Å². The molecule has 2 saturated carbocycles. The summed E-state index contributed by atoms with van der Waals surface area (Å²) >= 11 is 1.41. The molecular weight excluding hydrogens is 693 g/mol. The molecule has 0 aromatic carbocycles. The summed E-state index contributed by atoms with van der Waals surface area (Å²) in [6.07, 6.45) is 6.11. The van der Waals surface area contributed by atoms with Gasteiger partial charge < -0.3 is 26.2 Å². The molecule has 282 valence electrons. The van der Waals surface area contributed by atoms with E-state index in [4.69, 9.17) is 0 Å². The molecule has 4 aliphatic rings. The van der Waals surface area contributed by atoms with Crippen molar-refractivity contribution in [2.75, 3.05) is 19.6 Å². The molecular formula is C36H54N6O7S2. The first-order chi connectivity index (χ1) is 23.9. The predicted octanol–water partition coefficient (Wildman–Crippen LogP) is 3.31. The summed E-state index contributed by atoms with van der Waals surface area (Å²) in [5, 5.41) is 13.1. The van der Waals surface area contributed by atoms with Gasteiger partial charge in [0, 0.05) is 31.1 Å². The van der Waals surface area contributed by atoms with Crippen molar-refractivity contribution in [3.05, 3.63) is 29.0 Å². The number of carbonyl (C=O) groups excluding carboxylic acids is 5. The maximum Gasteiger partial charge on any atom is 0.315 e. The second-order valence-corrected chi connectivity index (χ2v) is 19.2. The van der Waals surface area contributed by atoms with E-state index >= 15 is 0 Å². The van der Waals surface area contributed by atoms with Gasteiger partial charge in [-0.3, -0.25) is 19.2 Å². The van der Waals surface area contributed by atoms with Crippen LogP contribution in [0.4, 0.5) is 4.79 Å². The van der Waals surface area contributed by atoms with E-state index in [0.717, 1.165) is 24.1 Å². The molecule has 15 heteroatoms. The number of rotatable bonds is 13. The predicted molar refractivity (Wildman–Crippen MR) is 194 cm³/mol. The summed E-state index contributed by atoms with van der Waals surface area (Å²) in [7, 11) is -3.67. The number of likely N-dealkylation sites (tertiary alicyclic amines) is 1. The number of urea groups is 1. The van der Waals surface area contributed by atoms with Gasteiger partial charge in [-0.1, -0.05) is 73.3 Å². The highest BCUT2D eigenvalue weighted by atomic mass is 32.2. The lowest BCUT2D eigenvalue weighted by molar-refractivity contribution is -0.145. The Kier molecular flexibility index (Phi) is 11.2. The Bertz CT molecular complexity index is 1660. The van der Waals surface area contributed by atoms with Crippen LogP contribution in [0.15, 0.2) is 29.0 Å². The van der Waals surface area contributed by atoms with Crippen molar-refractivity contribution in [3.8, 4) is 0 Å². The van der Waals surface area contributed by atoms with Crippen LogP contribution in [0.1, 0.15) is 91.4 Å². The van der Waals surface area contributed by atoms with Crippen molar-refractivity contribution < 1.29 is 32.4 Å². The molecule has 3 fully saturated rings. The highest BCUT2D eigenvalue weighted by Gasteiger charge is 2.70. The first-order valence-corrected chi connectivity index (χ1v) is 20.4. The highest BCUT2D eigenvalue weighted by molar-refractivity contribution is 7.89. The minimum atomic E-state index is -3.67. The zero-order valence-corrected chi connectivity index (χ0v) is 32.3. The standard InChI is InChI=1S/C36H54N6O7S2/c1-8-13-23(28(43)31(45)37-17-9-2)38-30(44)27-26-22(35(26,6)7)19-42(27)32(46)29(34(3,4)5)39-33(47)40-36(15-11-10-12-16-36)21-41-20-24-25(14-18-50-24)51(41,48)49/h9,14,18,22-23,26-27,29H,2,8,10-13,15-17,19-21H2,1,3-7H3,(H,37,45)(H,38,44)(H2,39,40,47)/t22-,23?,26-,27-,29+/m0/s1. The first kappa shape index (κ1) is 38.9. The first-order valence-electron chi connectivity index (χ1n) is 18.1. The Hall–Kier alpha value is -3.30. The van der Waals surface area contributed by atoms with E-state index in [-0.39, 0.29) is 43.3 Å². The largest absolute Gasteiger partial charge is 0.346 e. The highest BCUT2D eigenvalue weighted by Crippen LogP contribution is 2.65. The van der Waals surface area contributed by atoms with Gasteiger partial charge in [-0.15, -0.1) is 17.9 Å². The van der Waals surface area contributed by atoms with E-state index in [2.05, 4.69) is 41.7 Å². The van der Waals surface area contributed by atoms with Crippen molar-refractivity contribution in [3.63, 3.8) is 0 Å². The number of Topliss-reactive ketones (excluding diaryl/α,β-unsaturated/α-hetero) is 1. The van der Waals surface area contributed by atoms with Crippen LogP contribution in [0.25, 0.3) is 0 Å². The molecule has 5 amide bonds. The third kappa shape index (κ3) is 7.75. The Labute approximate surface area is 305 Å². The molecule has 3 heterocycles. The average molecular weight is 747 g/mol. The van der Waals surface area contributed by atoms with Gasteiger partial charge in [0.05, 0.1) is 16.5 Å². The number of thiophene rings is 1. The average Bonchev–Trinajstić information content (AvgIpc) is 3.51. The number of nitrogens with zero attached hydrogens (tertiary/aromatic N) is 2. The van der Waals surface area contributed by atoms with Gasteiger partial charge >= 0.3 is 6.03 Å². The number of nitrogens with one attached hydrogen (secondary N) is 4. The van der Waals surface area contributed by atoms with Gasteiger partial charge in [0.1, 0.15) is 12.1 Å². The zero-order valence-electron chi connectivity index (χ0n) is 30.7. The molecule has 0 radical (unpaired) electrons. The Morgan fingerprint density at radius 3 is 2.39 bits per heavy atom. The van der Waals surface area contributed by atoms with Crippen molar-refractivity contribution in [2.24, 2.45) is 22.7 Å². The molecule has 1 aromatic rings. The van der Waals surface area contributed by atoms with E-state index in [9.17, 15) is 32.4 Å². The molecule has 4 N–H and O–H groups in total. The Morgan fingerprint density at radius 2 is 1.78 bits per heavy atom. The lowest BCUT2D eigenvalue weighted by Gasteiger charge is -2.42. The summed E-state index contributed by atoms with van der Waals surface area (Å²) in [6.45, 7) is 15.9. The van der Waals surface area contributed by atoms with Gasteiger partial charge in [0.2, 0.25) is 27.6 Å². The summed E-state index contributed by atoms with van der Waals surface area (Å²) in [5.41, 5.74) is -1.78. The van der Waals surface area contributed by atoms with Crippen LogP contribution in [0.2, 0.25) is 0 Å². The number of hydrogen-bond acceptors (Lipinski definition) is 8. The normalized spacial score (nSPS) is 25.5. The molecule has 5 rings (SSSR count). The summed E-state index contributed by atoms with van der Waals surface area (Å²) in [6, 6.07) is -1.90. The van der Waals surface area contributed by atoms with Gasteiger partial charge in [0.15, 0.2) is 0 Å². The maximum absolute atomic E-state index is 14.5. The molecule has 2 aliphatic carbocycles. The van der Waals surface area contributed by atoms with Crippen LogP contribution in [0.5, 0.6) is 0 Å². The van der Waals surface area contributed by atoms with E-state index < -0.39 is 68.6 Å². The lowest BCUT2D eigenvalue weighted by Crippen LogP contribution is -2.64. The molecule has 0 spiro atoms. The molecule has 2 aliphatic heterocycles. The molecule has 5 atom stereocenters. The lowest BCUT2D eigenvalue weighted by atomic mass is 9.81. The fraction of sp³-hybridized carbons (Fsp3) is 0.694. The van der Waals surface area contributed by atoms with Crippen LogP contribution >= 0.6 is 11.3 Å². The van der Waals surface area contributed by atoms with Crippen LogP contribution < -0.4 is 21.3 Å². The second kappa shape index (κ2) is 14.6. The SMILES string of the molecule is C=CCNC(=O)C(=O)C(CCC)NC(=O)[C@@H]1[C@@H]2[C@H](CN1C(=O)[C@@H](NC(=O)NC1(CN3Cc4sccc4S3(=O)=O)CCCCC1)C(C)(C)C)C2(C)C. The fourth-order valence-corrected chi connectivity index (χ4v) is 11.3. The van der Waals surface area contributed by atoms with Crippen molar-refractivity contribution in [2.45, 2.75) is 122 Å². The van der Waals surface area contributed by atoms with Crippen LogP contribution in [0.3, 0.4) is 0 Å². The monoisotopic (exact) mass is 746 g/mol. The number of amides is 5. The minimum absolute atomic E-state index is 0.0546. The third-order valence-electron chi connectivity index (χ3n) is 11.3. The van der Waals surface area contributed by atoms with Crippen molar-refractivity contribution in [1.29, 1.82) is 0 Å². The third-order valence-corrected chi connectivity index (χ3v) is 14.2. The molecule has 51 heavy (non-hydrogen) atoms. The molecule has 1 aromatic heterocycles. The van der Waals surface area contributed by atoms with Gasteiger partial charge in [-0.05, 0) is 53.4 Å². The second-order valence-electron chi connectivity index (χ2n) is 16.3. The van der Waals surface area contributed by atoms with Crippen molar-refractivity contribution >= 4 is 50.9 Å². The number of carbonyl (C=O) groups is 5. The van der Waals surface area contributed by atoms with Crippen LogP contribution in [0, 0.1) is 22.7 Å². The Morgan fingerprint density at radius 1 is 1.10 bits per heavy atom. The molecule has 0 bridgehead atoms. The zero-order chi connectivity index (χ0) is 37.5. The number of hydrogen-bond donors (Lipinski definition) is 4. The number of sulfonamides is 1. The quantitative estimate of drug-likeness (QED) is 0.177. The van der Waals surface area contributed by atoms with Gasteiger partial charge in [0.25, 0.3) is 5.91 Å². The molecule has 1 saturated heterocycles. The fourth-order valence-electron chi connectivity index (χ4n) is 8.35. The number of ketones is 1. The topological polar surface area (TPSA) is 174 Å². The maximum atomic E-state index is 14.5. The van der Waals surface area contributed by atoms with Crippen LogP contribution in [-0.2, 0) is 35.7 Å². The van der Waals surface area contributed by atoms with Gasteiger partial charge in [-0.2, -0.15) is 4.31 Å².